The van der Waals surface area contributed by atoms with Gasteiger partial charge in [-0.2, -0.15) is 0 Å². The van der Waals surface area contributed by atoms with Gasteiger partial charge < -0.3 is 15.4 Å². The SMILES string of the molecule is Cc1ccc(C(=O)NC2CC2)cc1NC(=O)c1cccc(OCc2ccccn2)c1. The van der Waals surface area contributed by atoms with Crippen LogP contribution >= 0.6 is 0 Å². The predicted molar refractivity (Wildman–Crippen MR) is 115 cm³/mol. The molecule has 0 radical (unpaired) electrons. The van der Waals surface area contributed by atoms with Crippen molar-refractivity contribution < 1.29 is 14.3 Å². The van der Waals surface area contributed by atoms with Crippen molar-refractivity contribution in [3.63, 3.8) is 0 Å². The molecule has 2 aromatic carbocycles. The third kappa shape index (κ3) is 5.03. The van der Waals surface area contributed by atoms with Gasteiger partial charge in [0.15, 0.2) is 0 Å². The van der Waals surface area contributed by atoms with Crippen LogP contribution in [0.3, 0.4) is 0 Å². The molecule has 1 aliphatic carbocycles. The summed E-state index contributed by atoms with van der Waals surface area (Å²) in [5, 5.41) is 5.87. The summed E-state index contributed by atoms with van der Waals surface area (Å²) in [6, 6.07) is 18.2. The maximum Gasteiger partial charge on any atom is 0.255 e. The second kappa shape index (κ2) is 8.78. The third-order valence-corrected chi connectivity index (χ3v) is 4.87. The Hall–Kier alpha value is -3.67. The number of rotatable bonds is 7. The van der Waals surface area contributed by atoms with Crippen LogP contribution in [0.1, 0.15) is 44.8 Å². The van der Waals surface area contributed by atoms with E-state index in [0.29, 0.717) is 29.2 Å². The molecule has 0 spiro atoms. The van der Waals surface area contributed by atoms with Crippen LogP contribution in [-0.4, -0.2) is 22.8 Å². The Balaban J connectivity index is 1.44. The Morgan fingerprint density at radius 1 is 1.00 bits per heavy atom. The number of pyridine rings is 1. The monoisotopic (exact) mass is 401 g/mol. The molecule has 0 unspecified atom stereocenters. The summed E-state index contributed by atoms with van der Waals surface area (Å²) in [6.45, 7) is 2.22. The van der Waals surface area contributed by atoms with E-state index in [1.54, 1.807) is 42.6 Å². The fraction of sp³-hybridized carbons (Fsp3) is 0.208. The van der Waals surface area contributed by atoms with Crippen LogP contribution in [0.5, 0.6) is 5.75 Å². The van der Waals surface area contributed by atoms with E-state index < -0.39 is 0 Å². The van der Waals surface area contributed by atoms with Crippen molar-refractivity contribution in [2.24, 2.45) is 0 Å². The number of amides is 2. The lowest BCUT2D eigenvalue weighted by Crippen LogP contribution is -2.25. The molecule has 1 saturated carbocycles. The molecule has 0 bridgehead atoms. The number of anilines is 1. The summed E-state index contributed by atoms with van der Waals surface area (Å²) < 4.78 is 5.75. The standard InChI is InChI=1S/C24H23N3O3/c1-16-8-9-18(23(28)26-19-10-11-19)14-22(16)27-24(29)17-5-4-7-21(13-17)30-15-20-6-2-3-12-25-20/h2-9,12-14,19H,10-11,15H2,1H3,(H,26,28)(H,27,29). The van der Waals surface area contributed by atoms with Gasteiger partial charge in [0.2, 0.25) is 0 Å². The minimum Gasteiger partial charge on any atom is -0.487 e. The molecule has 3 aromatic rings. The number of carbonyl (C=O) groups excluding carboxylic acids is 2. The van der Waals surface area contributed by atoms with E-state index in [2.05, 4.69) is 15.6 Å². The highest BCUT2D eigenvalue weighted by molar-refractivity contribution is 6.05. The molecule has 2 N–H and O–H groups in total. The van der Waals surface area contributed by atoms with Gasteiger partial charge in [0.25, 0.3) is 11.8 Å². The second-order valence-corrected chi connectivity index (χ2v) is 7.37. The van der Waals surface area contributed by atoms with E-state index >= 15 is 0 Å². The van der Waals surface area contributed by atoms with Gasteiger partial charge in [-0.3, -0.25) is 14.6 Å². The quantitative estimate of drug-likeness (QED) is 0.624. The Bertz CT molecular complexity index is 1060. The van der Waals surface area contributed by atoms with Crippen LogP contribution in [0.15, 0.2) is 66.9 Å². The van der Waals surface area contributed by atoms with E-state index in [-0.39, 0.29) is 17.9 Å². The fourth-order valence-corrected chi connectivity index (χ4v) is 2.96. The zero-order valence-corrected chi connectivity index (χ0v) is 16.7. The van der Waals surface area contributed by atoms with Crippen LogP contribution in [0.25, 0.3) is 0 Å². The third-order valence-electron chi connectivity index (χ3n) is 4.87. The lowest BCUT2D eigenvalue weighted by molar-refractivity contribution is 0.0949. The number of aryl methyl sites for hydroxylation is 1. The van der Waals surface area contributed by atoms with Crippen LogP contribution < -0.4 is 15.4 Å². The number of hydrogen-bond acceptors (Lipinski definition) is 4. The van der Waals surface area contributed by atoms with Crippen molar-refractivity contribution in [1.82, 2.24) is 10.3 Å². The summed E-state index contributed by atoms with van der Waals surface area (Å²) in [4.78, 5) is 29.3. The average molecular weight is 401 g/mol. The number of nitrogens with zero attached hydrogens (tertiary/aromatic N) is 1. The maximum atomic E-state index is 12.8. The summed E-state index contributed by atoms with van der Waals surface area (Å²) >= 11 is 0. The van der Waals surface area contributed by atoms with E-state index in [1.165, 1.54) is 0 Å². The molecule has 2 amide bonds. The van der Waals surface area contributed by atoms with Crippen LogP contribution in [0.4, 0.5) is 5.69 Å². The number of aromatic nitrogens is 1. The van der Waals surface area contributed by atoms with Crippen molar-refractivity contribution in [3.05, 3.63) is 89.2 Å². The molecular weight excluding hydrogens is 378 g/mol. The minimum absolute atomic E-state index is 0.113. The van der Waals surface area contributed by atoms with Crippen LogP contribution in [-0.2, 0) is 6.61 Å². The fourth-order valence-electron chi connectivity index (χ4n) is 2.96. The Labute approximate surface area is 175 Å². The topological polar surface area (TPSA) is 80.3 Å². The summed E-state index contributed by atoms with van der Waals surface area (Å²) in [5.41, 5.74) is 3.32. The molecule has 1 aromatic heterocycles. The molecule has 152 valence electrons. The first kappa shape index (κ1) is 19.6. The van der Waals surface area contributed by atoms with E-state index in [0.717, 1.165) is 24.1 Å². The molecule has 1 aliphatic rings. The number of hydrogen-bond donors (Lipinski definition) is 2. The minimum atomic E-state index is -0.263. The first-order valence-corrected chi connectivity index (χ1v) is 9.94. The highest BCUT2D eigenvalue weighted by Gasteiger charge is 2.24. The molecule has 1 heterocycles. The number of nitrogens with one attached hydrogen (secondary N) is 2. The van der Waals surface area contributed by atoms with Gasteiger partial charge in [0.05, 0.1) is 5.69 Å². The van der Waals surface area contributed by atoms with Gasteiger partial charge in [-0.15, -0.1) is 0 Å². The first-order valence-electron chi connectivity index (χ1n) is 9.94. The lowest BCUT2D eigenvalue weighted by atomic mass is 10.1. The molecular formula is C24H23N3O3. The zero-order valence-electron chi connectivity index (χ0n) is 16.7. The van der Waals surface area contributed by atoms with Crippen molar-refractivity contribution in [2.75, 3.05) is 5.32 Å². The molecule has 1 fully saturated rings. The Kier molecular flexibility index (Phi) is 5.75. The number of benzene rings is 2. The van der Waals surface area contributed by atoms with Crippen molar-refractivity contribution in [2.45, 2.75) is 32.4 Å². The summed E-state index contributed by atoms with van der Waals surface area (Å²) in [5.74, 6) is 0.210. The number of carbonyl (C=O) groups is 2. The molecule has 4 rings (SSSR count). The summed E-state index contributed by atoms with van der Waals surface area (Å²) in [6.07, 6.45) is 3.77. The normalized spacial score (nSPS) is 12.8. The van der Waals surface area contributed by atoms with Gasteiger partial charge in [0, 0.05) is 29.1 Å². The largest absolute Gasteiger partial charge is 0.487 e. The van der Waals surface area contributed by atoms with E-state index in [9.17, 15) is 9.59 Å². The van der Waals surface area contributed by atoms with Gasteiger partial charge in [-0.25, -0.2) is 0 Å². The lowest BCUT2D eigenvalue weighted by Gasteiger charge is -2.12. The molecule has 30 heavy (non-hydrogen) atoms. The van der Waals surface area contributed by atoms with E-state index in [4.69, 9.17) is 4.74 Å². The summed E-state index contributed by atoms with van der Waals surface area (Å²) in [7, 11) is 0. The average Bonchev–Trinajstić information content (AvgIpc) is 3.58. The van der Waals surface area contributed by atoms with Gasteiger partial charge in [-0.05, 0) is 67.8 Å². The maximum absolute atomic E-state index is 12.8. The van der Waals surface area contributed by atoms with Crippen LogP contribution in [0.2, 0.25) is 0 Å². The van der Waals surface area contributed by atoms with Crippen molar-refractivity contribution in [3.8, 4) is 5.75 Å². The molecule has 0 saturated heterocycles. The Morgan fingerprint density at radius 3 is 2.60 bits per heavy atom. The van der Waals surface area contributed by atoms with Gasteiger partial charge in [-0.1, -0.05) is 18.2 Å². The van der Waals surface area contributed by atoms with Crippen LogP contribution in [0, 0.1) is 6.92 Å². The van der Waals surface area contributed by atoms with Crippen molar-refractivity contribution in [1.29, 1.82) is 0 Å². The highest BCUT2D eigenvalue weighted by atomic mass is 16.5. The van der Waals surface area contributed by atoms with E-state index in [1.807, 2.05) is 31.2 Å². The molecule has 6 nitrogen and oxygen atoms in total. The first-order chi connectivity index (χ1) is 14.6. The Morgan fingerprint density at radius 2 is 1.83 bits per heavy atom. The highest BCUT2D eigenvalue weighted by Crippen LogP contribution is 2.22. The molecule has 6 heteroatoms. The molecule has 0 atom stereocenters. The number of ether oxygens (including phenoxy) is 1. The molecule has 0 aliphatic heterocycles. The second-order valence-electron chi connectivity index (χ2n) is 7.37. The van der Waals surface area contributed by atoms with Gasteiger partial charge >= 0.3 is 0 Å². The van der Waals surface area contributed by atoms with Crippen molar-refractivity contribution >= 4 is 17.5 Å². The van der Waals surface area contributed by atoms with Gasteiger partial charge in [0.1, 0.15) is 12.4 Å². The smallest absolute Gasteiger partial charge is 0.255 e. The zero-order chi connectivity index (χ0) is 20.9. The predicted octanol–water partition coefficient (Wildman–Crippen LogP) is 4.11.